The van der Waals surface area contributed by atoms with Crippen LogP contribution in [0, 0.1) is 12.8 Å². The van der Waals surface area contributed by atoms with Gasteiger partial charge in [-0.1, -0.05) is 0 Å². The highest BCUT2D eigenvalue weighted by Crippen LogP contribution is 2.28. The maximum Gasteiger partial charge on any atom is 0.227 e. The Morgan fingerprint density at radius 2 is 2.15 bits per heavy atom. The van der Waals surface area contributed by atoms with E-state index in [2.05, 4.69) is 31.8 Å². The number of benzene rings is 1. The summed E-state index contributed by atoms with van der Waals surface area (Å²) in [6, 6.07) is 8.80. The first-order valence-electron chi connectivity index (χ1n) is 9.29. The molecule has 7 heteroatoms. The first-order chi connectivity index (χ1) is 12.7. The van der Waals surface area contributed by atoms with Gasteiger partial charge in [0.25, 0.3) is 0 Å². The van der Waals surface area contributed by atoms with Crippen molar-refractivity contribution in [3.8, 4) is 0 Å². The lowest BCUT2D eigenvalue weighted by molar-refractivity contribution is 0.373. The lowest BCUT2D eigenvalue weighted by Gasteiger charge is -2.35. The van der Waals surface area contributed by atoms with Gasteiger partial charge in [-0.3, -0.25) is 5.10 Å². The Balaban J connectivity index is 1.39. The predicted molar refractivity (Wildman–Crippen MR) is 103 cm³/mol. The molecule has 1 aromatic carbocycles. The number of anilines is 3. The fraction of sp³-hybridized carbons (Fsp3) is 0.421. The molecule has 0 aliphatic carbocycles. The van der Waals surface area contributed by atoms with Gasteiger partial charge in [0.2, 0.25) is 5.95 Å². The van der Waals surface area contributed by atoms with E-state index in [0.717, 1.165) is 53.7 Å². The Hall–Kier alpha value is -2.67. The van der Waals surface area contributed by atoms with Gasteiger partial charge in [0, 0.05) is 42.0 Å². The second-order valence-electron chi connectivity index (χ2n) is 7.34. The summed E-state index contributed by atoms with van der Waals surface area (Å²) in [6.45, 7) is 5.22. The van der Waals surface area contributed by atoms with Crippen molar-refractivity contribution in [1.82, 2.24) is 25.5 Å². The van der Waals surface area contributed by atoms with E-state index in [0.29, 0.717) is 12.0 Å². The number of nitrogens with one attached hydrogen (secondary N) is 3. The van der Waals surface area contributed by atoms with Gasteiger partial charge in [-0.15, -0.1) is 0 Å². The molecule has 26 heavy (non-hydrogen) atoms. The van der Waals surface area contributed by atoms with Crippen LogP contribution in [0.25, 0.3) is 10.9 Å². The Morgan fingerprint density at radius 1 is 1.19 bits per heavy atom. The number of hydrogen-bond donors (Lipinski definition) is 3. The fourth-order valence-electron chi connectivity index (χ4n) is 4.16. The van der Waals surface area contributed by atoms with Gasteiger partial charge in [-0.2, -0.15) is 10.1 Å². The topological polar surface area (TPSA) is 81.8 Å². The molecule has 7 nitrogen and oxygen atoms in total. The third-order valence-corrected chi connectivity index (χ3v) is 5.49. The quantitative estimate of drug-likeness (QED) is 0.674. The smallest absolute Gasteiger partial charge is 0.227 e. The van der Waals surface area contributed by atoms with Gasteiger partial charge in [0.1, 0.15) is 5.82 Å². The van der Waals surface area contributed by atoms with Crippen LogP contribution in [0.1, 0.15) is 18.5 Å². The summed E-state index contributed by atoms with van der Waals surface area (Å²) in [5.74, 6) is 2.39. The molecule has 0 radical (unpaired) electrons. The van der Waals surface area contributed by atoms with Crippen LogP contribution in [0.2, 0.25) is 0 Å². The normalized spacial score (nSPS) is 22.6. The third kappa shape index (κ3) is 2.88. The van der Waals surface area contributed by atoms with Gasteiger partial charge in [0.05, 0.1) is 11.7 Å². The molecule has 0 amide bonds. The second kappa shape index (κ2) is 6.25. The van der Waals surface area contributed by atoms with Crippen molar-refractivity contribution in [1.29, 1.82) is 0 Å². The van der Waals surface area contributed by atoms with Gasteiger partial charge < -0.3 is 15.5 Å². The van der Waals surface area contributed by atoms with E-state index in [1.807, 2.05) is 31.3 Å². The van der Waals surface area contributed by atoms with Crippen molar-refractivity contribution in [2.45, 2.75) is 25.8 Å². The zero-order valence-electron chi connectivity index (χ0n) is 14.9. The predicted octanol–water partition coefficient (Wildman–Crippen LogP) is 2.59. The standard InChI is InChI=1S/C19H23N7/c1-12-8-18(23-15-2-3-17-14(9-15)10-21-25-17)24-19(22-12)26-7-5-16-13(11-26)4-6-20-16/h2-3,8-10,13,16,20H,4-7,11H2,1H3,(H,21,25)(H,22,23,24). The number of hydrogen-bond acceptors (Lipinski definition) is 6. The molecule has 2 fully saturated rings. The van der Waals surface area contributed by atoms with Crippen molar-refractivity contribution in [2.75, 3.05) is 29.9 Å². The van der Waals surface area contributed by atoms with Crippen molar-refractivity contribution < 1.29 is 0 Å². The van der Waals surface area contributed by atoms with Crippen LogP contribution in [-0.2, 0) is 0 Å². The lowest BCUT2D eigenvalue weighted by Crippen LogP contribution is -2.45. The van der Waals surface area contributed by atoms with Crippen LogP contribution < -0.4 is 15.5 Å². The highest BCUT2D eigenvalue weighted by molar-refractivity contribution is 5.82. The summed E-state index contributed by atoms with van der Waals surface area (Å²) in [5.41, 5.74) is 3.01. The van der Waals surface area contributed by atoms with E-state index in [4.69, 9.17) is 9.97 Å². The highest BCUT2D eigenvalue weighted by Gasteiger charge is 2.33. The first kappa shape index (κ1) is 15.6. The van der Waals surface area contributed by atoms with E-state index < -0.39 is 0 Å². The van der Waals surface area contributed by atoms with Crippen LogP contribution in [0.5, 0.6) is 0 Å². The van der Waals surface area contributed by atoms with Gasteiger partial charge in [0.15, 0.2) is 0 Å². The molecule has 0 saturated carbocycles. The summed E-state index contributed by atoms with van der Waals surface area (Å²) in [7, 11) is 0. The summed E-state index contributed by atoms with van der Waals surface area (Å²) >= 11 is 0. The van der Waals surface area contributed by atoms with Crippen LogP contribution in [-0.4, -0.2) is 45.8 Å². The molecule has 2 unspecified atom stereocenters. The number of rotatable bonds is 3. The third-order valence-electron chi connectivity index (χ3n) is 5.49. The van der Waals surface area contributed by atoms with Gasteiger partial charge in [-0.05, 0) is 50.4 Å². The Morgan fingerprint density at radius 3 is 3.12 bits per heavy atom. The molecular formula is C19H23N7. The molecule has 2 aliphatic heterocycles. The summed E-state index contributed by atoms with van der Waals surface area (Å²) < 4.78 is 0. The largest absolute Gasteiger partial charge is 0.340 e. The zero-order valence-corrected chi connectivity index (χ0v) is 14.9. The molecule has 2 aliphatic rings. The number of fused-ring (bicyclic) bond motifs is 2. The van der Waals surface area contributed by atoms with E-state index in [1.165, 1.54) is 12.8 Å². The molecular weight excluding hydrogens is 326 g/mol. The number of aryl methyl sites for hydroxylation is 1. The van der Waals surface area contributed by atoms with Crippen LogP contribution >= 0.6 is 0 Å². The molecule has 4 heterocycles. The van der Waals surface area contributed by atoms with Crippen molar-refractivity contribution in [3.63, 3.8) is 0 Å². The molecule has 5 rings (SSSR count). The van der Waals surface area contributed by atoms with Gasteiger partial charge >= 0.3 is 0 Å². The van der Waals surface area contributed by atoms with Crippen LogP contribution in [0.3, 0.4) is 0 Å². The minimum Gasteiger partial charge on any atom is -0.340 e. The lowest BCUT2D eigenvalue weighted by atomic mass is 9.94. The summed E-state index contributed by atoms with van der Waals surface area (Å²) in [4.78, 5) is 11.8. The molecule has 134 valence electrons. The second-order valence-corrected chi connectivity index (χ2v) is 7.34. The molecule has 3 N–H and O–H groups in total. The average molecular weight is 349 g/mol. The monoisotopic (exact) mass is 349 g/mol. The Bertz CT molecular complexity index is 935. The molecule has 0 bridgehead atoms. The summed E-state index contributed by atoms with van der Waals surface area (Å²) in [6.07, 6.45) is 4.25. The maximum atomic E-state index is 4.79. The first-order valence-corrected chi connectivity index (χ1v) is 9.29. The zero-order chi connectivity index (χ0) is 17.5. The highest BCUT2D eigenvalue weighted by atomic mass is 15.3. The summed E-state index contributed by atoms with van der Waals surface area (Å²) in [5, 5.41) is 15.2. The van der Waals surface area contributed by atoms with Crippen molar-refractivity contribution in [2.24, 2.45) is 5.92 Å². The molecule has 2 atom stereocenters. The average Bonchev–Trinajstić information content (AvgIpc) is 3.29. The number of aromatic nitrogens is 4. The fourth-order valence-corrected chi connectivity index (χ4v) is 4.16. The Labute approximate surface area is 152 Å². The van der Waals surface area contributed by atoms with E-state index >= 15 is 0 Å². The number of piperidine rings is 1. The van der Waals surface area contributed by atoms with Crippen molar-refractivity contribution >= 4 is 28.4 Å². The maximum absolute atomic E-state index is 4.79. The SMILES string of the molecule is Cc1cc(Nc2ccc3[nH]ncc3c2)nc(N2CCC3NCCC3C2)n1. The van der Waals surface area contributed by atoms with E-state index in [-0.39, 0.29) is 0 Å². The molecule has 2 aromatic heterocycles. The minimum absolute atomic E-state index is 0.676. The van der Waals surface area contributed by atoms with E-state index in [9.17, 15) is 0 Å². The Kier molecular flexibility index (Phi) is 3.74. The number of nitrogens with zero attached hydrogens (tertiary/aromatic N) is 4. The molecule has 2 saturated heterocycles. The number of H-pyrrole nitrogens is 1. The van der Waals surface area contributed by atoms with Crippen molar-refractivity contribution in [3.05, 3.63) is 36.2 Å². The minimum atomic E-state index is 0.676. The van der Waals surface area contributed by atoms with Gasteiger partial charge in [-0.25, -0.2) is 4.98 Å². The van der Waals surface area contributed by atoms with Crippen LogP contribution in [0.15, 0.2) is 30.5 Å². The van der Waals surface area contributed by atoms with E-state index in [1.54, 1.807) is 0 Å². The number of aromatic amines is 1. The molecule has 0 spiro atoms. The van der Waals surface area contributed by atoms with Crippen LogP contribution in [0.4, 0.5) is 17.5 Å². The molecule has 3 aromatic rings.